The number of carbonyl (C=O) groups excluding carboxylic acids is 2. The van der Waals surface area contributed by atoms with Crippen LogP contribution in [-0.4, -0.2) is 18.1 Å². The van der Waals surface area contributed by atoms with Gasteiger partial charge in [-0.05, 0) is 59.9 Å². The number of hydrogen-bond donors (Lipinski definition) is 0. The van der Waals surface area contributed by atoms with Crippen LogP contribution in [0, 0.1) is 23.2 Å². The van der Waals surface area contributed by atoms with E-state index in [0.717, 1.165) is 24.1 Å². The summed E-state index contributed by atoms with van der Waals surface area (Å²) in [5, 5.41) is 0. The normalized spacial score (nSPS) is 22.7. The average molecular weight is 372 g/mol. The first-order valence-electron chi connectivity index (χ1n) is 9.02. The zero-order chi connectivity index (χ0) is 19.1. The van der Waals surface area contributed by atoms with Gasteiger partial charge in [-0.3, -0.25) is 9.69 Å². The van der Waals surface area contributed by atoms with E-state index in [2.05, 4.69) is 24.8 Å². The Bertz CT molecular complexity index is 832. The van der Waals surface area contributed by atoms with Gasteiger partial charge in [-0.1, -0.05) is 23.5 Å². The maximum atomic E-state index is 13.1. The quantitative estimate of drug-likeness (QED) is 0.407. The molecule has 2 aliphatic rings. The lowest BCUT2D eigenvalue weighted by atomic mass is 9.89. The zero-order valence-corrected chi connectivity index (χ0v) is 16.8. The number of nitrogens with zero attached hydrogens (tertiary/aromatic N) is 1. The van der Waals surface area contributed by atoms with Gasteiger partial charge >= 0.3 is 5.97 Å². The van der Waals surface area contributed by atoms with E-state index < -0.39 is 6.23 Å². The molecule has 4 nitrogen and oxygen atoms in total. The fourth-order valence-corrected chi connectivity index (χ4v) is 4.04. The van der Waals surface area contributed by atoms with E-state index in [0.29, 0.717) is 10.6 Å². The summed E-state index contributed by atoms with van der Waals surface area (Å²) >= 11 is 1.30. The molecule has 0 fully saturated rings. The molecule has 2 heterocycles. The van der Waals surface area contributed by atoms with E-state index in [-0.39, 0.29) is 23.2 Å². The number of anilines is 1. The second-order valence-electron chi connectivity index (χ2n) is 8.06. The number of fused-ring (bicyclic) bond motifs is 1. The van der Waals surface area contributed by atoms with Crippen molar-refractivity contribution in [3.8, 4) is 11.8 Å². The minimum Gasteiger partial charge on any atom is -0.437 e. The Labute approximate surface area is 159 Å². The number of cyclic esters (lactones) is 1. The lowest BCUT2D eigenvalue weighted by Crippen LogP contribution is -2.47. The Balaban J connectivity index is 1.94. The molecule has 138 valence electrons. The molecule has 2 atom stereocenters. The maximum Gasteiger partial charge on any atom is 0.352 e. The molecule has 0 N–H and O–H groups in total. The number of rotatable bonds is 1. The summed E-state index contributed by atoms with van der Waals surface area (Å²) in [6.45, 7) is 9.97. The summed E-state index contributed by atoms with van der Waals surface area (Å²) in [4.78, 5) is 28.3. The number of hydrogen-bond acceptors (Lipinski definition) is 4. The summed E-state index contributed by atoms with van der Waals surface area (Å²) in [5.74, 6) is 5.92. The molecule has 0 spiro atoms. The van der Waals surface area contributed by atoms with E-state index in [1.807, 2.05) is 26.8 Å². The predicted octanol–water partition coefficient (Wildman–Crippen LogP) is 4.74. The van der Waals surface area contributed by atoms with Gasteiger partial charge < -0.3 is 4.74 Å². The Morgan fingerprint density at radius 2 is 2.12 bits per heavy atom. The molecule has 5 heteroatoms. The first kappa shape index (κ1) is 18.7. The molecular formula is C21H25NO3S. The van der Waals surface area contributed by atoms with Crippen molar-refractivity contribution in [3.63, 3.8) is 0 Å². The van der Waals surface area contributed by atoms with Gasteiger partial charge in [-0.25, -0.2) is 4.79 Å². The number of ether oxygens (including phenoxy) is 1. The lowest BCUT2D eigenvalue weighted by Gasteiger charge is -2.35. The van der Waals surface area contributed by atoms with Gasteiger partial charge in [0.1, 0.15) is 4.88 Å². The average Bonchev–Trinajstić information content (AvgIpc) is 2.97. The van der Waals surface area contributed by atoms with Gasteiger partial charge in [0.2, 0.25) is 5.91 Å². The smallest absolute Gasteiger partial charge is 0.352 e. The van der Waals surface area contributed by atoms with Crippen LogP contribution >= 0.6 is 11.3 Å². The third-order valence-corrected chi connectivity index (χ3v) is 5.60. The number of carbonyl (C=O) groups is 2. The first-order chi connectivity index (χ1) is 12.2. The fourth-order valence-electron chi connectivity index (χ4n) is 3.16. The molecule has 1 aliphatic heterocycles. The van der Waals surface area contributed by atoms with Gasteiger partial charge in [-0.15, -0.1) is 11.3 Å². The maximum absolute atomic E-state index is 13.1. The predicted molar refractivity (Wildman–Crippen MR) is 104 cm³/mol. The molecule has 1 aliphatic carbocycles. The third kappa shape index (κ3) is 3.86. The number of amides is 1. The molecule has 1 aromatic heterocycles. The van der Waals surface area contributed by atoms with E-state index in [1.54, 1.807) is 11.8 Å². The Kier molecular flexibility index (Phi) is 4.98. The summed E-state index contributed by atoms with van der Waals surface area (Å²) < 4.78 is 5.43. The van der Waals surface area contributed by atoms with Crippen LogP contribution in [0.3, 0.4) is 0 Å². The van der Waals surface area contributed by atoms with E-state index in [4.69, 9.17) is 4.74 Å². The minimum absolute atomic E-state index is 0.0307. The van der Waals surface area contributed by atoms with Crippen molar-refractivity contribution in [2.24, 2.45) is 11.3 Å². The van der Waals surface area contributed by atoms with Crippen LogP contribution in [0.5, 0.6) is 0 Å². The van der Waals surface area contributed by atoms with Crippen molar-refractivity contribution < 1.29 is 14.3 Å². The highest BCUT2D eigenvalue weighted by Crippen LogP contribution is 2.38. The topological polar surface area (TPSA) is 46.6 Å². The zero-order valence-electron chi connectivity index (χ0n) is 16.0. The molecule has 1 amide bonds. The highest BCUT2D eigenvalue weighted by molar-refractivity contribution is 7.15. The second kappa shape index (κ2) is 6.92. The van der Waals surface area contributed by atoms with Gasteiger partial charge in [-0.2, -0.15) is 0 Å². The van der Waals surface area contributed by atoms with Crippen LogP contribution in [0.4, 0.5) is 5.69 Å². The molecule has 0 radical (unpaired) electrons. The van der Waals surface area contributed by atoms with Crippen molar-refractivity contribution in [2.45, 2.75) is 60.1 Å². The second-order valence-corrected chi connectivity index (χ2v) is 9.11. The van der Waals surface area contributed by atoms with Crippen LogP contribution in [0.15, 0.2) is 17.7 Å². The van der Waals surface area contributed by atoms with Crippen molar-refractivity contribution in [1.29, 1.82) is 0 Å². The van der Waals surface area contributed by atoms with E-state index in [1.165, 1.54) is 16.9 Å². The van der Waals surface area contributed by atoms with Gasteiger partial charge in [0.05, 0.1) is 10.6 Å². The van der Waals surface area contributed by atoms with Crippen LogP contribution in [0.25, 0.3) is 0 Å². The van der Waals surface area contributed by atoms with E-state index >= 15 is 0 Å². The first-order valence-corrected chi connectivity index (χ1v) is 9.84. The fraction of sp³-hybridized carbons (Fsp3) is 0.524. The summed E-state index contributed by atoms with van der Waals surface area (Å²) in [6.07, 6.45) is 4.08. The Hall–Kier alpha value is -2.06. The van der Waals surface area contributed by atoms with Gasteiger partial charge in [0, 0.05) is 11.3 Å². The Morgan fingerprint density at radius 3 is 2.73 bits per heavy atom. The van der Waals surface area contributed by atoms with Crippen LogP contribution < -0.4 is 4.90 Å². The summed E-state index contributed by atoms with van der Waals surface area (Å²) in [6, 6.07) is 1.86. The molecular weight excluding hydrogens is 346 g/mol. The molecule has 0 saturated heterocycles. The molecule has 3 rings (SSSR count). The summed E-state index contributed by atoms with van der Waals surface area (Å²) in [7, 11) is 0. The van der Waals surface area contributed by atoms with Crippen molar-refractivity contribution in [2.75, 3.05) is 4.90 Å². The standard InChI is InChI=1S/C21H25NO3S/c1-13-6-8-15(9-7-13)19(23)22-14(2)25-20(24)18-17(22)12-16(26-18)10-11-21(3,4)5/h6,12,14-15H,7-9H2,1-5H3. The number of esters is 1. The number of thiophene rings is 1. The third-order valence-electron chi connectivity index (χ3n) is 4.58. The highest BCUT2D eigenvalue weighted by atomic mass is 32.1. The van der Waals surface area contributed by atoms with Crippen LogP contribution in [0.2, 0.25) is 0 Å². The molecule has 0 bridgehead atoms. The van der Waals surface area contributed by atoms with Gasteiger partial charge in [0.15, 0.2) is 6.23 Å². The molecule has 1 aromatic rings. The van der Waals surface area contributed by atoms with Gasteiger partial charge in [0.25, 0.3) is 0 Å². The molecule has 0 saturated carbocycles. The van der Waals surface area contributed by atoms with Crippen molar-refractivity contribution >= 4 is 28.9 Å². The largest absolute Gasteiger partial charge is 0.437 e. The van der Waals surface area contributed by atoms with E-state index in [9.17, 15) is 9.59 Å². The summed E-state index contributed by atoms with van der Waals surface area (Å²) in [5.41, 5.74) is 1.86. The molecule has 2 unspecified atom stereocenters. The minimum atomic E-state index is -0.590. The monoisotopic (exact) mass is 371 g/mol. The molecule has 0 aromatic carbocycles. The van der Waals surface area contributed by atoms with Crippen molar-refractivity contribution in [1.82, 2.24) is 0 Å². The number of allylic oxidation sites excluding steroid dienone is 2. The highest BCUT2D eigenvalue weighted by Gasteiger charge is 2.38. The SMILES string of the molecule is CC1=CCC(C(=O)N2c3cc(C#CC(C)(C)C)sc3C(=O)OC2C)CC1. The molecule has 26 heavy (non-hydrogen) atoms. The Morgan fingerprint density at radius 1 is 1.38 bits per heavy atom. The lowest BCUT2D eigenvalue weighted by molar-refractivity contribution is -0.124. The van der Waals surface area contributed by atoms with Crippen LogP contribution in [-0.2, 0) is 9.53 Å². The van der Waals surface area contributed by atoms with Crippen LogP contribution in [0.1, 0.15) is 68.4 Å². The van der Waals surface area contributed by atoms with Crippen molar-refractivity contribution in [3.05, 3.63) is 27.5 Å².